The highest BCUT2D eigenvalue weighted by molar-refractivity contribution is 5.87. The van der Waals surface area contributed by atoms with Crippen molar-refractivity contribution in [2.24, 2.45) is 5.73 Å². The van der Waals surface area contributed by atoms with Gasteiger partial charge in [0.15, 0.2) is 0 Å². The number of amides is 3. The minimum Gasteiger partial charge on any atom is -0.450 e. The van der Waals surface area contributed by atoms with Crippen LogP contribution in [-0.2, 0) is 20.7 Å². The molecule has 3 amide bonds. The first-order valence-electron chi connectivity index (χ1n) is 9.73. The molecule has 0 aliphatic heterocycles. The van der Waals surface area contributed by atoms with E-state index in [1.54, 1.807) is 0 Å². The van der Waals surface area contributed by atoms with Gasteiger partial charge in [0.1, 0.15) is 6.04 Å². The molecule has 1 atom stereocenters. The first-order valence-corrected chi connectivity index (χ1v) is 9.73. The Balaban J connectivity index is 2.48. The maximum Gasteiger partial charge on any atom is 0.407 e. The lowest BCUT2D eigenvalue weighted by Crippen LogP contribution is -2.47. The van der Waals surface area contributed by atoms with Crippen molar-refractivity contribution in [1.82, 2.24) is 10.6 Å². The fraction of sp³-hybridized carbons (Fsp3) is 0.476. The van der Waals surface area contributed by atoms with Gasteiger partial charge in [-0.3, -0.25) is 9.59 Å². The van der Waals surface area contributed by atoms with E-state index in [0.717, 1.165) is 31.2 Å². The van der Waals surface area contributed by atoms with E-state index in [2.05, 4.69) is 17.6 Å². The molecule has 0 saturated heterocycles. The summed E-state index contributed by atoms with van der Waals surface area (Å²) in [4.78, 5) is 35.2. The van der Waals surface area contributed by atoms with Crippen LogP contribution in [0.4, 0.5) is 4.79 Å². The van der Waals surface area contributed by atoms with Gasteiger partial charge >= 0.3 is 6.09 Å². The van der Waals surface area contributed by atoms with Gasteiger partial charge in [-0.05, 0) is 30.9 Å². The smallest absolute Gasteiger partial charge is 0.407 e. The molecule has 28 heavy (non-hydrogen) atoms. The molecule has 0 saturated carbocycles. The number of unbranched alkanes of at least 4 members (excludes halogenated alkanes) is 3. The summed E-state index contributed by atoms with van der Waals surface area (Å²) in [6, 6.07) is 8.93. The highest BCUT2D eigenvalue weighted by Crippen LogP contribution is 2.01. The lowest BCUT2D eigenvalue weighted by Gasteiger charge is -2.17. The molecule has 0 heterocycles. The summed E-state index contributed by atoms with van der Waals surface area (Å²) in [5.74, 6) is -0.949. The predicted octanol–water partition coefficient (Wildman–Crippen LogP) is 2.45. The molecule has 1 aromatic carbocycles. The zero-order valence-corrected chi connectivity index (χ0v) is 16.5. The summed E-state index contributed by atoms with van der Waals surface area (Å²) in [5, 5.41) is 5.35. The first kappa shape index (κ1) is 23.2. The van der Waals surface area contributed by atoms with Crippen LogP contribution in [0, 0.1) is 0 Å². The van der Waals surface area contributed by atoms with Crippen LogP contribution in [0.3, 0.4) is 0 Å². The Morgan fingerprint density at radius 1 is 1.14 bits per heavy atom. The molecule has 0 radical (unpaired) electrons. The van der Waals surface area contributed by atoms with Crippen molar-refractivity contribution < 1.29 is 19.1 Å². The van der Waals surface area contributed by atoms with E-state index in [4.69, 9.17) is 10.5 Å². The molecular formula is C21H31N3O4. The minimum atomic E-state index is -0.838. The van der Waals surface area contributed by atoms with Crippen molar-refractivity contribution in [3.8, 4) is 0 Å². The third kappa shape index (κ3) is 11.0. The molecule has 7 heteroatoms. The Morgan fingerprint density at radius 3 is 2.57 bits per heavy atom. The van der Waals surface area contributed by atoms with E-state index in [-0.39, 0.29) is 12.3 Å². The second kappa shape index (κ2) is 14.3. The maximum atomic E-state index is 12.4. The average Bonchev–Trinajstić information content (AvgIpc) is 2.67. The van der Waals surface area contributed by atoms with E-state index in [1.807, 2.05) is 30.3 Å². The van der Waals surface area contributed by atoms with Crippen LogP contribution in [0.15, 0.2) is 42.5 Å². The SMILES string of the molecule is CCCCCCOC(=O)N[C@@H](C/C=C\C(N)=O)C(=O)NCCc1ccccc1. The van der Waals surface area contributed by atoms with E-state index < -0.39 is 18.0 Å². The van der Waals surface area contributed by atoms with Crippen molar-refractivity contribution in [3.05, 3.63) is 48.0 Å². The third-order valence-corrected chi connectivity index (χ3v) is 4.05. The molecule has 0 aliphatic rings. The van der Waals surface area contributed by atoms with Crippen molar-refractivity contribution in [3.63, 3.8) is 0 Å². The molecule has 0 aromatic heterocycles. The van der Waals surface area contributed by atoms with Crippen molar-refractivity contribution >= 4 is 17.9 Å². The van der Waals surface area contributed by atoms with Crippen LogP contribution in [0.25, 0.3) is 0 Å². The molecule has 0 fully saturated rings. The summed E-state index contributed by atoms with van der Waals surface area (Å²) in [5.41, 5.74) is 6.17. The molecule has 0 bridgehead atoms. The van der Waals surface area contributed by atoms with Crippen molar-refractivity contribution in [2.75, 3.05) is 13.2 Å². The lowest BCUT2D eigenvalue weighted by atomic mass is 10.1. The van der Waals surface area contributed by atoms with Crippen LogP contribution in [0.5, 0.6) is 0 Å². The Morgan fingerprint density at radius 2 is 1.89 bits per heavy atom. The minimum absolute atomic E-state index is 0.144. The number of ether oxygens (including phenoxy) is 1. The summed E-state index contributed by atoms with van der Waals surface area (Å²) < 4.78 is 5.12. The number of nitrogens with one attached hydrogen (secondary N) is 2. The number of hydrogen-bond acceptors (Lipinski definition) is 4. The van der Waals surface area contributed by atoms with Crippen LogP contribution >= 0.6 is 0 Å². The maximum absolute atomic E-state index is 12.4. The highest BCUT2D eigenvalue weighted by Gasteiger charge is 2.20. The quantitative estimate of drug-likeness (QED) is 0.355. The molecule has 0 aliphatic carbocycles. The molecule has 4 N–H and O–H groups in total. The van der Waals surface area contributed by atoms with Crippen LogP contribution in [-0.4, -0.2) is 37.1 Å². The predicted molar refractivity (Wildman–Crippen MR) is 109 cm³/mol. The average molecular weight is 389 g/mol. The van der Waals surface area contributed by atoms with Gasteiger partial charge in [-0.15, -0.1) is 0 Å². The van der Waals surface area contributed by atoms with Gasteiger partial charge in [0.05, 0.1) is 6.61 Å². The van der Waals surface area contributed by atoms with Gasteiger partial charge in [0.25, 0.3) is 0 Å². The van der Waals surface area contributed by atoms with Gasteiger partial charge in [-0.25, -0.2) is 4.79 Å². The van der Waals surface area contributed by atoms with Crippen molar-refractivity contribution in [2.45, 2.75) is 51.5 Å². The lowest BCUT2D eigenvalue weighted by molar-refractivity contribution is -0.123. The number of carbonyl (C=O) groups excluding carboxylic acids is 3. The standard InChI is InChI=1S/C21H31N3O4/c1-2-3-4-8-16-28-21(27)24-18(12-9-13-19(22)25)20(26)23-15-14-17-10-6-5-7-11-17/h5-7,9-11,13,18H,2-4,8,12,14-16H2,1H3,(H2,22,25)(H,23,26)(H,24,27)/b13-9-/t18-/m0/s1. The molecule has 0 spiro atoms. The molecule has 1 aromatic rings. The normalized spacial score (nSPS) is 11.8. The second-order valence-electron chi connectivity index (χ2n) is 6.46. The van der Waals surface area contributed by atoms with E-state index in [1.165, 1.54) is 12.2 Å². The van der Waals surface area contributed by atoms with Gasteiger partial charge in [-0.1, -0.05) is 62.6 Å². The molecule has 154 valence electrons. The van der Waals surface area contributed by atoms with E-state index in [9.17, 15) is 14.4 Å². The Hall–Kier alpha value is -2.83. The van der Waals surface area contributed by atoms with Gasteiger partial charge in [0, 0.05) is 6.54 Å². The Kier molecular flexibility index (Phi) is 11.8. The monoisotopic (exact) mass is 389 g/mol. The molecule has 7 nitrogen and oxygen atoms in total. The fourth-order valence-electron chi connectivity index (χ4n) is 2.53. The summed E-state index contributed by atoms with van der Waals surface area (Å²) >= 11 is 0. The number of rotatable bonds is 13. The van der Waals surface area contributed by atoms with Gasteiger partial charge in [-0.2, -0.15) is 0 Å². The summed E-state index contributed by atoms with van der Waals surface area (Å²) in [7, 11) is 0. The molecule has 1 rings (SSSR count). The van der Waals surface area contributed by atoms with Crippen LogP contribution in [0.2, 0.25) is 0 Å². The van der Waals surface area contributed by atoms with Crippen LogP contribution in [0.1, 0.15) is 44.6 Å². The molecule has 0 unspecified atom stereocenters. The van der Waals surface area contributed by atoms with Crippen LogP contribution < -0.4 is 16.4 Å². The topological polar surface area (TPSA) is 111 Å². The summed E-state index contributed by atoms with van der Waals surface area (Å²) in [6.07, 6.45) is 6.79. The van der Waals surface area contributed by atoms with E-state index in [0.29, 0.717) is 19.6 Å². The number of carbonyl (C=O) groups is 3. The number of hydrogen-bond donors (Lipinski definition) is 3. The van der Waals surface area contributed by atoms with E-state index >= 15 is 0 Å². The zero-order chi connectivity index (χ0) is 20.6. The molecular weight excluding hydrogens is 358 g/mol. The van der Waals surface area contributed by atoms with Gasteiger partial charge in [0.2, 0.25) is 11.8 Å². The number of benzene rings is 1. The Bertz CT molecular complexity index is 632. The highest BCUT2D eigenvalue weighted by atomic mass is 16.5. The number of primary amides is 1. The van der Waals surface area contributed by atoms with Gasteiger partial charge < -0.3 is 21.1 Å². The largest absolute Gasteiger partial charge is 0.450 e. The second-order valence-corrected chi connectivity index (χ2v) is 6.46. The first-order chi connectivity index (χ1) is 13.5. The third-order valence-electron chi connectivity index (χ3n) is 4.05. The Labute approximate surface area is 166 Å². The number of alkyl carbamates (subject to hydrolysis) is 1. The number of nitrogens with two attached hydrogens (primary N) is 1. The summed E-state index contributed by atoms with van der Waals surface area (Å²) in [6.45, 7) is 2.85. The zero-order valence-electron chi connectivity index (χ0n) is 16.5. The van der Waals surface area contributed by atoms with Crippen molar-refractivity contribution in [1.29, 1.82) is 0 Å². The fourth-order valence-corrected chi connectivity index (χ4v) is 2.53.